The molecular weight excluding hydrogens is 535 g/mol. The normalized spacial score (nSPS) is 23.9. The quantitative estimate of drug-likeness (QED) is 0.203. The molecule has 208 valence electrons. The van der Waals surface area contributed by atoms with E-state index in [4.69, 9.17) is 0 Å². The third-order valence-electron chi connectivity index (χ3n) is 7.94. The van der Waals surface area contributed by atoms with Gasteiger partial charge in [0.15, 0.2) is 5.44 Å². The Morgan fingerprint density at radius 3 is 2.41 bits per heavy atom. The predicted octanol–water partition coefficient (Wildman–Crippen LogP) is -1.83. The molecule has 2 fully saturated rings. The molecule has 1 aromatic carbocycles. The summed E-state index contributed by atoms with van der Waals surface area (Å²) in [6, 6.07) is 5.96. The molecule has 2 heterocycles. The average Bonchev–Trinajstić information content (AvgIpc) is 3.22. The Balaban J connectivity index is 0.00000420. The largest absolute Gasteiger partial charge is 1.00 e. The molecule has 6 atom stereocenters. The molecule has 11 nitrogen and oxygen atoms in total. The Hall–Kier alpha value is -1.96. The zero-order valence-corrected chi connectivity index (χ0v) is 25.9. The molecule has 1 saturated heterocycles. The molecule has 1 aliphatic heterocycles. The number of aliphatic hydroxyl groups is 1. The number of fused-ring (bicyclic) bond motifs is 2. The van der Waals surface area contributed by atoms with E-state index in [0.29, 0.717) is 18.7 Å². The van der Waals surface area contributed by atoms with Gasteiger partial charge in [-0.05, 0) is 48.6 Å². The van der Waals surface area contributed by atoms with Gasteiger partial charge in [-0.3, -0.25) is 14.4 Å². The van der Waals surface area contributed by atoms with Crippen LogP contribution in [0.15, 0.2) is 30.3 Å². The van der Waals surface area contributed by atoms with Gasteiger partial charge in [0.2, 0.25) is 11.8 Å². The van der Waals surface area contributed by atoms with Gasteiger partial charge in [-0.2, -0.15) is 0 Å². The fraction of sp³-hybridized carbons (Fsp3) is 0.577. The number of piperidine rings is 1. The molecular formula is C26H35N4NaO7S. The maximum Gasteiger partial charge on any atom is 1.00 e. The van der Waals surface area contributed by atoms with Gasteiger partial charge in [0.05, 0.1) is 6.04 Å². The van der Waals surface area contributed by atoms with E-state index in [1.807, 2.05) is 52.0 Å². The number of nitrogens with zero attached hydrogens (tertiary/aromatic N) is 1. The summed E-state index contributed by atoms with van der Waals surface area (Å²) >= 11 is 0. The second-order valence-electron chi connectivity index (χ2n) is 11.5. The van der Waals surface area contributed by atoms with E-state index >= 15 is 0 Å². The molecule has 3 amide bonds. The standard InChI is InChI=1S/C26H36N4O7S.Na/c1-13(2)10-19(29-22(31)18-11-15-8-6-7-9-17(15)28-18)24(33)30-12-16-20(26(16,4)5)21(30)23(32)27-14(3)25(34)38(35,36)37;/h6-9,11,13-14,16,19-21,25,28,34H,10,12H2,1-5H3,(H,27,32)(H,29,31)(H,35,36,37);/q;+1/p-1/t14-,16-,19-,20-,21-,25?;/m0./s1. The molecule has 1 unspecified atom stereocenters. The minimum atomic E-state index is -5.04. The molecule has 1 aliphatic carbocycles. The Bertz CT molecular complexity index is 1330. The van der Waals surface area contributed by atoms with Crippen LogP contribution in [0.3, 0.4) is 0 Å². The molecule has 0 bridgehead atoms. The number of amides is 3. The van der Waals surface area contributed by atoms with Crippen LogP contribution in [-0.2, 0) is 19.7 Å². The van der Waals surface area contributed by atoms with Crippen LogP contribution < -0.4 is 40.2 Å². The van der Waals surface area contributed by atoms with Crippen LogP contribution in [0.1, 0.15) is 51.5 Å². The second-order valence-corrected chi connectivity index (χ2v) is 13.0. The summed E-state index contributed by atoms with van der Waals surface area (Å²) in [5.41, 5.74) is -1.43. The minimum Gasteiger partial charge on any atom is -0.746 e. The first-order chi connectivity index (χ1) is 17.6. The molecule has 0 radical (unpaired) electrons. The second kappa shape index (κ2) is 11.5. The number of carbonyl (C=O) groups is 3. The first-order valence-corrected chi connectivity index (χ1v) is 14.2. The summed E-state index contributed by atoms with van der Waals surface area (Å²) in [5, 5.41) is 15.9. The number of aromatic nitrogens is 1. The van der Waals surface area contributed by atoms with Gasteiger partial charge in [-0.15, -0.1) is 0 Å². The fourth-order valence-electron chi connectivity index (χ4n) is 5.77. The van der Waals surface area contributed by atoms with E-state index in [2.05, 4.69) is 15.6 Å². The van der Waals surface area contributed by atoms with Crippen LogP contribution in [0.4, 0.5) is 0 Å². The Labute approximate surface area is 250 Å². The molecule has 4 rings (SSSR count). The van der Waals surface area contributed by atoms with Gasteiger partial charge < -0.3 is 30.2 Å². The van der Waals surface area contributed by atoms with Crippen LogP contribution in [0.25, 0.3) is 10.9 Å². The van der Waals surface area contributed by atoms with E-state index < -0.39 is 51.4 Å². The maximum absolute atomic E-state index is 13.8. The third kappa shape index (κ3) is 6.36. The van der Waals surface area contributed by atoms with E-state index in [-0.39, 0.29) is 52.7 Å². The van der Waals surface area contributed by atoms with Gasteiger partial charge in [0, 0.05) is 17.4 Å². The van der Waals surface area contributed by atoms with E-state index in [1.165, 1.54) is 11.8 Å². The predicted molar refractivity (Wildman–Crippen MR) is 139 cm³/mol. The number of hydrogen-bond donors (Lipinski definition) is 4. The number of aromatic amines is 1. The number of aliphatic hydroxyl groups excluding tert-OH is 1. The van der Waals surface area contributed by atoms with Gasteiger partial charge in [-0.1, -0.05) is 45.9 Å². The van der Waals surface area contributed by atoms with Crippen molar-refractivity contribution in [3.63, 3.8) is 0 Å². The molecule has 2 aliphatic rings. The van der Waals surface area contributed by atoms with Crippen LogP contribution >= 0.6 is 0 Å². The average molecular weight is 571 g/mol. The number of nitrogens with one attached hydrogen (secondary N) is 3. The fourth-order valence-corrected chi connectivity index (χ4v) is 6.34. The molecule has 39 heavy (non-hydrogen) atoms. The van der Waals surface area contributed by atoms with Crippen LogP contribution in [0.5, 0.6) is 0 Å². The number of H-pyrrole nitrogens is 1. The van der Waals surface area contributed by atoms with Crippen molar-refractivity contribution >= 4 is 38.7 Å². The summed E-state index contributed by atoms with van der Waals surface area (Å²) < 4.78 is 33.7. The van der Waals surface area contributed by atoms with Crippen molar-refractivity contribution in [2.75, 3.05) is 6.54 Å². The summed E-state index contributed by atoms with van der Waals surface area (Å²) in [4.78, 5) is 44.8. The van der Waals surface area contributed by atoms with E-state index in [9.17, 15) is 32.5 Å². The maximum atomic E-state index is 13.8. The molecule has 0 spiro atoms. The van der Waals surface area contributed by atoms with Crippen LogP contribution in [0.2, 0.25) is 0 Å². The summed E-state index contributed by atoms with van der Waals surface area (Å²) in [7, 11) is -5.04. The summed E-state index contributed by atoms with van der Waals surface area (Å²) in [5.74, 6) is -1.56. The van der Waals surface area contributed by atoms with Crippen molar-refractivity contribution < 1.29 is 62.0 Å². The zero-order chi connectivity index (χ0) is 28.2. The van der Waals surface area contributed by atoms with Crippen LogP contribution in [-0.4, -0.2) is 75.8 Å². The monoisotopic (exact) mass is 570 g/mol. The number of benzene rings is 1. The van der Waals surface area contributed by atoms with Gasteiger partial charge in [0.1, 0.15) is 27.9 Å². The molecule has 1 saturated carbocycles. The third-order valence-corrected chi connectivity index (χ3v) is 8.94. The molecule has 2 aromatic rings. The summed E-state index contributed by atoms with van der Waals surface area (Å²) in [6.45, 7) is 9.37. The minimum absolute atomic E-state index is 0. The SMILES string of the molecule is CC(C)C[C@H](NC(=O)c1cc2ccccc2[nH]1)C(=O)N1C[C@H]2[C@@H]([C@H]1C(=O)N[C@@H](C)C(O)S(=O)(=O)[O-])C2(C)C.[Na+]. The Morgan fingerprint density at radius 2 is 1.82 bits per heavy atom. The van der Waals surface area contributed by atoms with Crippen molar-refractivity contribution in [3.05, 3.63) is 36.0 Å². The van der Waals surface area contributed by atoms with Gasteiger partial charge in [0.25, 0.3) is 5.91 Å². The number of likely N-dealkylation sites (tertiary alicyclic amines) is 1. The Kier molecular flexibility index (Phi) is 9.31. The summed E-state index contributed by atoms with van der Waals surface area (Å²) in [6.07, 6.45) is 0.345. The molecule has 13 heteroatoms. The topological polar surface area (TPSA) is 172 Å². The van der Waals surface area contributed by atoms with E-state index in [1.54, 1.807) is 6.07 Å². The smallest absolute Gasteiger partial charge is 0.746 e. The first kappa shape index (κ1) is 31.6. The van der Waals surface area contributed by atoms with Crippen molar-refractivity contribution in [2.45, 2.75) is 64.6 Å². The van der Waals surface area contributed by atoms with E-state index in [0.717, 1.165) is 10.9 Å². The van der Waals surface area contributed by atoms with Crippen molar-refractivity contribution in [3.8, 4) is 0 Å². The number of carbonyl (C=O) groups excluding carboxylic acids is 3. The Morgan fingerprint density at radius 1 is 1.18 bits per heavy atom. The molecule has 4 N–H and O–H groups in total. The van der Waals surface area contributed by atoms with Crippen molar-refractivity contribution in [1.29, 1.82) is 0 Å². The van der Waals surface area contributed by atoms with Gasteiger partial charge >= 0.3 is 29.6 Å². The number of rotatable bonds is 9. The van der Waals surface area contributed by atoms with Crippen molar-refractivity contribution in [2.24, 2.45) is 23.2 Å². The number of para-hydroxylation sites is 1. The first-order valence-electron chi connectivity index (χ1n) is 12.7. The number of hydrogen-bond acceptors (Lipinski definition) is 7. The van der Waals surface area contributed by atoms with Crippen molar-refractivity contribution in [1.82, 2.24) is 20.5 Å². The molecule has 1 aromatic heterocycles. The van der Waals surface area contributed by atoms with Gasteiger partial charge in [-0.25, -0.2) is 8.42 Å². The van der Waals surface area contributed by atoms with Crippen LogP contribution in [0, 0.1) is 23.2 Å². The zero-order valence-electron chi connectivity index (χ0n) is 23.1.